The summed E-state index contributed by atoms with van der Waals surface area (Å²) in [6.07, 6.45) is 2.49. The summed E-state index contributed by atoms with van der Waals surface area (Å²) in [5, 5.41) is 0. The molecule has 6 aromatic rings. The number of nitrogens with zero attached hydrogens (tertiary/aromatic N) is 1. The zero-order chi connectivity index (χ0) is 30.2. The van der Waals surface area contributed by atoms with Crippen LogP contribution in [0.5, 0.6) is 0 Å². The van der Waals surface area contributed by atoms with Gasteiger partial charge in [0.1, 0.15) is 0 Å². The second-order valence-corrected chi connectivity index (χ2v) is 13.6. The van der Waals surface area contributed by atoms with E-state index in [0.717, 1.165) is 0 Å². The van der Waals surface area contributed by atoms with Crippen molar-refractivity contribution in [3.05, 3.63) is 179 Å². The van der Waals surface area contributed by atoms with E-state index in [1.54, 1.807) is 0 Å². The summed E-state index contributed by atoms with van der Waals surface area (Å²) in [4.78, 5) is 2.65. The van der Waals surface area contributed by atoms with Gasteiger partial charge in [-0.25, -0.2) is 0 Å². The summed E-state index contributed by atoms with van der Waals surface area (Å²) in [6.45, 7) is 4.95. The molecule has 2 aliphatic carbocycles. The fourth-order valence-electron chi connectivity index (χ4n) is 9.45. The van der Waals surface area contributed by atoms with E-state index in [-0.39, 0.29) is 11.0 Å². The molecule has 45 heavy (non-hydrogen) atoms. The van der Waals surface area contributed by atoms with Gasteiger partial charge in [0.15, 0.2) is 0 Å². The van der Waals surface area contributed by atoms with E-state index < -0.39 is 0 Å². The minimum absolute atomic E-state index is 0.101. The van der Waals surface area contributed by atoms with E-state index in [4.69, 9.17) is 0 Å². The number of anilines is 2. The molecule has 1 saturated carbocycles. The second kappa shape index (κ2) is 9.81. The lowest BCUT2D eigenvalue weighted by Gasteiger charge is -2.38. The van der Waals surface area contributed by atoms with Crippen LogP contribution in [0.2, 0.25) is 0 Å². The first kappa shape index (κ1) is 26.5. The maximum atomic E-state index is 2.65. The molecule has 0 radical (unpaired) electrons. The largest absolute Gasteiger partial charge is 0.335 e. The maximum absolute atomic E-state index is 2.65. The van der Waals surface area contributed by atoms with E-state index in [9.17, 15) is 0 Å². The number of fused-ring (bicyclic) bond motifs is 6. The van der Waals surface area contributed by atoms with E-state index in [1.165, 1.54) is 74.3 Å². The van der Waals surface area contributed by atoms with Crippen molar-refractivity contribution in [3.63, 3.8) is 0 Å². The van der Waals surface area contributed by atoms with Gasteiger partial charge in [-0.2, -0.15) is 0 Å². The van der Waals surface area contributed by atoms with Crippen LogP contribution in [0.15, 0.2) is 152 Å². The number of benzene rings is 6. The van der Waals surface area contributed by atoms with Crippen LogP contribution < -0.4 is 4.90 Å². The van der Waals surface area contributed by atoms with E-state index >= 15 is 0 Å². The van der Waals surface area contributed by atoms with Crippen LogP contribution in [0, 0.1) is 5.92 Å². The van der Waals surface area contributed by atoms with Crippen molar-refractivity contribution in [3.8, 4) is 22.3 Å². The van der Waals surface area contributed by atoms with Crippen molar-refractivity contribution in [1.82, 2.24) is 0 Å². The van der Waals surface area contributed by atoms with Crippen LogP contribution in [0.25, 0.3) is 22.3 Å². The topological polar surface area (TPSA) is 3.24 Å². The Kier molecular flexibility index (Phi) is 5.78. The standard InChI is InChI=1S/C44H37N/c1-30-26-27-43(2)42(30)38-29-32(23-25-41(38)45(43)35-18-10-5-11-19-35)31-22-24-40-37(28-31)36-20-12-13-21-39(36)44(40,33-14-6-3-7-15-33)34-16-8-4-9-17-34/h3-25,28-30,42H,26-27H2,1-2H3. The first-order valence-electron chi connectivity index (χ1n) is 16.5. The van der Waals surface area contributed by atoms with Gasteiger partial charge in [0, 0.05) is 22.8 Å². The first-order chi connectivity index (χ1) is 22.1. The van der Waals surface area contributed by atoms with E-state index in [2.05, 4.69) is 170 Å². The molecule has 0 spiro atoms. The summed E-state index contributed by atoms with van der Waals surface area (Å²) in [5.41, 5.74) is 14.5. The van der Waals surface area contributed by atoms with Crippen LogP contribution in [-0.2, 0) is 5.41 Å². The highest BCUT2D eigenvalue weighted by Crippen LogP contribution is 2.61. The van der Waals surface area contributed by atoms with E-state index in [1.807, 2.05) is 0 Å². The molecular formula is C44H37N. The average Bonchev–Trinajstić information content (AvgIpc) is 3.67. The first-order valence-corrected chi connectivity index (χ1v) is 16.5. The quantitative estimate of drug-likeness (QED) is 0.200. The zero-order valence-electron chi connectivity index (χ0n) is 25.9. The molecule has 0 amide bonds. The number of hydrogen-bond acceptors (Lipinski definition) is 1. The lowest BCUT2D eigenvalue weighted by atomic mass is 9.67. The summed E-state index contributed by atoms with van der Waals surface area (Å²) in [7, 11) is 0. The molecule has 1 heterocycles. The van der Waals surface area contributed by atoms with Crippen molar-refractivity contribution >= 4 is 11.4 Å². The Morgan fingerprint density at radius 3 is 1.87 bits per heavy atom. The van der Waals surface area contributed by atoms with Crippen molar-refractivity contribution < 1.29 is 0 Å². The molecule has 1 fully saturated rings. The SMILES string of the molecule is CC1CCC2(C)C1c1cc(-c3ccc4c(c3)-c3ccccc3C4(c3ccccc3)c3ccccc3)ccc1N2c1ccccc1. The second-order valence-electron chi connectivity index (χ2n) is 13.6. The molecule has 3 atom stereocenters. The molecule has 1 heteroatoms. The molecule has 1 nitrogen and oxygen atoms in total. The van der Waals surface area contributed by atoms with Crippen molar-refractivity contribution in [1.29, 1.82) is 0 Å². The molecule has 0 aromatic heterocycles. The summed E-state index contributed by atoms with van der Waals surface area (Å²) in [6, 6.07) is 56.7. The van der Waals surface area contributed by atoms with Crippen LogP contribution in [0.3, 0.4) is 0 Å². The van der Waals surface area contributed by atoms with Crippen LogP contribution >= 0.6 is 0 Å². The van der Waals surface area contributed by atoms with Crippen molar-refractivity contribution in [2.24, 2.45) is 5.92 Å². The highest BCUT2D eigenvalue weighted by Gasteiger charge is 2.54. The highest BCUT2D eigenvalue weighted by molar-refractivity contribution is 5.89. The molecule has 0 bridgehead atoms. The fraction of sp³-hybridized carbons (Fsp3) is 0.182. The molecule has 3 unspecified atom stereocenters. The van der Waals surface area contributed by atoms with Gasteiger partial charge >= 0.3 is 0 Å². The molecule has 0 saturated heterocycles. The lowest BCUT2D eigenvalue weighted by molar-refractivity contribution is 0.414. The Morgan fingerprint density at radius 1 is 0.578 bits per heavy atom. The van der Waals surface area contributed by atoms with Gasteiger partial charge in [-0.05, 0) is 106 Å². The van der Waals surface area contributed by atoms with Crippen LogP contribution in [0.4, 0.5) is 11.4 Å². The zero-order valence-corrected chi connectivity index (χ0v) is 25.9. The monoisotopic (exact) mass is 579 g/mol. The molecule has 9 rings (SSSR count). The summed E-state index contributed by atoms with van der Waals surface area (Å²) < 4.78 is 0. The Balaban J connectivity index is 1.23. The predicted molar refractivity (Wildman–Crippen MR) is 187 cm³/mol. The van der Waals surface area contributed by atoms with Crippen molar-refractivity contribution in [2.75, 3.05) is 4.90 Å². The molecule has 0 N–H and O–H groups in total. The lowest BCUT2D eigenvalue weighted by Crippen LogP contribution is -2.40. The van der Waals surface area contributed by atoms with Crippen molar-refractivity contribution in [2.45, 2.75) is 43.6 Å². The Hall–Kier alpha value is -4.88. The van der Waals surface area contributed by atoms with Gasteiger partial charge in [-0.3, -0.25) is 0 Å². The number of para-hydroxylation sites is 1. The Morgan fingerprint density at radius 2 is 1.16 bits per heavy atom. The van der Waals surface area contributed by atoms with Gasteiger partial charge in [0.25, 0.3) is 0 Å². The average molecular weight is 580 g/mol. The third kappa shape index (κ3) is 3.61. The van der Waals surface area contributed by atoms with Crippen LogP contribution in [0.1, 0.15) is 60.4 Å². The summed E-state index contributed by atoms with van der Waals surface area (Å²) >= 11 is 0. The van der Waals surface area contributed by atoms with Gasteiger partial charge in [0.05, 0.1) is 5.41 Å². The highest BCUT2D eigenvalue weighted by atomic mass is 15.2. The predicted octanol–water partition coefficient (Wildman–Crippen LogP) is 11.1. The molecule has 218 valence electrons. The normalized spacial score (nSPS) is 22.0. The van der Waals surface area contributed by atoms with Gasteiger partial charge in [-0.15, -0.1) is 0 Å². The molecule has 6 aromatic carbocycles. The third-order valence-corrected chi connectivity index (χ3v) is 11.3. The van der Waals surface area contributed by atoms with Gasteiger partial charge in [0.2, 0.25) is 0 Å². The van der Waals surface area contributed by atoms with E-state index in [0.29, 0.717) is 11.8 Å². The van der Waals surface area contributed by atoms with Gasteiger partial charge < -0.3 is 4.90 Å². The number of hydrogen-bond donors (Lipinski definition) is 0. The number of rotatable bonds is 4. The summed E-state index contributed by atoms with van der Waals surface area (Å²) in [5.74, 6) is 1.17. The fourth-order valence-corrected chi connectivity index (χ4v) is 9.45. The van der Waals surface area contributed by atoms with Gasteiger partial charge in [-0.1, -0.05) is 128 Å². The Labute approximate surface area is 266 Å². The maximum Gasteiger partial charge on any atom is 0.0713 e. The third-order valence-electron chi connectivity index (χ3n) is 11.3. The molecular weight excluding hydrogens is 542 g/mol. The molecule has 3 aliphatic rings. The Bertz CT molecular complexity index is 2010. The minimum Gasteiger partial charge on any atom is -0.335 e. The van der Waals surface area contributed by atoms with Crippen LogP contribution in [-0.4, -0.2) is 5.54 Å². The molecule has 1 aliphatic heterocycles. The smallest absolute Gasteiger partial charge is 0.0713 e. The minimum atomic E-state index is -0.359.